The predicted molar refractivity (Wildman–Crippen MR) is 59.0 cm³/mol. The van der Waals surface area contributed by atoms with Crippen LogP contribution < -0.4 is 0 Å². The van der Waals surface area contributed by atoms with E-state index >= 15 is 0 Å². The topological polar surface area (TPSA) is 54.0 Å². The molecule has 0 aromatic carbocycles. The summed E-state index contributed by atoms with van der Waals surface area (Å²) in [6.07, 6.45) is 0. The Morgan fingerprint density at radius 3 is 2.60 bits per heavy atom. The summed E-state index contributed by atoms with van der Waals surface area (Å²) in [5.41, 5.74) is 1.29. The van der Waals surface area contributed by atoms with E-state index in [9.17, 15) is 0 Å². The van der Waals surface area contributed by atoms with Gasteiger partial charge >= 0.3 is 0 Å². The molecular formula is C10H12N4S. The number of rotatable bonds is 0. The van der Waals surface area contributed by atoms with Gasteiger partial charge in [-0.1, -0.05) is 32.1 Å². The molecule has 2 heterocycles. The van der Waals surface area contributed by atoms with E-state index in [1.165, 1.54) is 0 Å². The Balaban J connectivity index is 2.70. The first kappa shape index (κ1) is 10.1. The summed E-state index contributed by atoms with van der Waals surface area (Å²) in [6.45, 7) is 8.13. The lowest BCUT2D eigenvalue weighted by Gasteiger charge is -2.12. The van der Waals surface area contributed by atoms with E-state index in [0.29, 0.717) is 5.69 Å². The first-order chi connectivity index (χ1) is 6.93. The molecule has 0 aliphatic rings. The highest BCUT2D eigenvalue weighted by atomic mass is 32.1. The van der Waals surface area contributed by atoms with Gasteiger partial charge in [0.1, 0.15) is 11.1 Å². The highest BCUT2D eigenvalue weighted by Gasteiger charge is 2.21. The summed E-state index contributed by atoms with van der Waals surface area (Å²) < 4.78 is 1.64. The van der Waals surface area contributed by atoms with Crippen LogP contribution in [-0.2, 0) is 5.41 Å². The predicted octanol–water partition coefficient (Wildman–Crippen LogP) is 2.27. The lowest BCUT2D eigenvalue weighted by atomic mass is 9.98. The van der Waals surface area contributed by atoms with Crippen molar-refractivity contribution in [2.75, 3.05) is 0 Å². The molecule has 0 aliphatic heterocycles. The molecule has 0 bridgehead atoms. The smallest absolute Gasteiger partial charge is 0.213 e. The van der Waals surface area contributed by atoms with Crippen LogP contribution in [0, 0.1) is 18.3 Å². The van der Waals surface area contributed by atoms with Crippen LogP contribution in [0.2, 0.25) is 0 Å². The van der Waals surface area contributed by atoms with Gasteiger partial charge in [-0.3, -0.25) is 0 Å². The van der Waals surface area contributed by atoms with Crippen molar-refractivity contribution in [1.29, 1.82) is 5.26 Å². The highest BCUT2D eigenvalue weighted by molar-refractivity contribution is 7.16. The quantitative estimate of drug-likeness (QED) is 0.684. The van der Waals surface area contributed by atoms with E-state index < -0.39 is 0 Å². The molecule has 0 atom stereocenters. The first-order valence-electron chi connectivity index (χ1n) is 4.70. The van der Waals surface area contributed by atoms with Crippen molar-refractivity contribution in [2.45, 2.75) is 33.1 Å². The number of hydrogen-bond acceptors (Lipinski definition) is 4. The van der Waals surface area contributed by atoms with Gasteiger partial charge in [0.2, 0.25) is 4.96 Å². The molecule has 2 aromatic heterocycles. The van der Waals surface area contributed by atoms with Crippen molar-refractivity contribution in [3.8, 4) is 6.07 Å². The SMILES string of the molecule is Cc1nc2sc(C(C)(C)C)nn2c1C#N. The number of nitriles is 1. The van der Waals surface area contributed by atoms with E-state index in [0.717, 1.165) is 15.7 Å². The minimum atomic E-state index is 0.00595. The monoisotopic (exact) mass is 220 g/mol. The summed E-state index contributed by atoms with van der Waals surface area (Å²) >= 11 is 1.54. The Bertz CT molecular complexity index is 550. The average Bonchev–Trinajstić information content (AvgIpc) is 2.59. The summed E-state index contributed by atoms with van der Waals surface area (Å²) in [6, 6.07) is 2.13. The Kier molecular flexibility index (Phi) is 2.05. The van der Waals surface area contributed by atoms with E-state index in [2.05, 4.69) is 36.9 Å². The van der Waals surface area contributed by atoms with Gasteiger partial charge in [0.05, 0.1) is 5.69 Å². The van der Waals surface area contributed by atoms with E-state index in [1.807, 2.05) is 6.92 Å². The third-order valence-electron chi connectivity index (χ3n) is 2.13. The Morgan fingerprint density at radius 1 is 1.40 bits per heavy atom. The van der Waals surface area contributed by atoms with Crippen molar-refractivity contribution in [1.82, 2.24) is 14.6 Å². The largest absolute Gasteiger partial charge is 0.221 e. The molecule has 2 aromatic rings. The minimum absolute atomic E-state index is 0.00595. The Labute approximate surface area is 92.2 Å². The lowest BCUT2D eigenvalue weighted by Crippen LogP contribution is -2.11. The van der Waals surface area contributed by atoms with Crippen LogP contribution in [0.4, 0.5) is 0 Å². The maximum absolute atomic E-state index is 8.97. The molecule has 0 unspecified atom stereocenters. The van der Waals surface area contributed by atoms with E-state index in [4.69, 9.17) is 5.26 Å². The second-order valence-electron chi connectivity index (χ2n) is 4.51. The van der Waals surface area contributed by atoms with E-state index in [1.54, 1.807) is 15.9 Å². The van der Waals surface area contributed by atoms with Crippen LogP contribution >= 0.6 is 11.3 Å². The van der Waals surface area contributed by atoms with Crippen molar-refractivity contribution in [3.05, 3.63) is 16.4 Å². The fourth-order valence-corrected chi connectivity index (χ4v) is 2.28. The zero-order chi connectivity index (χ0) is 11.2. The Morgan fingerprint density at radius 2 is 2.07 bits per heavy atom. The van der Waals surface area contributed by atoms with E-state index in [-0.39, 0.29) is 5.41 Å². The van der Waals surface area contributed by atoms with Crippen LogP contribution in [0.3, 0.4) is 0 Å². The molecule has 15 heavy (non-hydrogen) atoms. The number of hydrogen-bond donors (Lipinski definition) is 0. The number of aromatic nitrogens is 3. The lowest BCUT2D eigenvalue weighted by molar-refractivity contribution is 0.573. The van der Waals surface area contributed by atoms with Crippen molar-refractivity contribution < 1.29 is 0 Å². The molecule has 4 nitrogen and oxygen atoms in total. The fourth-order valence-electron chi connectivity index (χ4n) is 1.28. The van der Waals surface area contributed by atoms with Crippen LogP contribution in [0.5, 0.6) is 0 Å². The molecular weight excluding hydrogens is 208 g/mol. The molecule has 5 heteroatoms. The number of nitrogens with zero attached hydrogens (tertiary/aromatic N) is 4. The van der Waals surface area contributed by atoms with Crippen molar-refractivity contribution in [3.63, 3.8) is 0 Å². The normalized spacial score (nSPS) is 11.9. The van der Waals surface area contributed by atoms with Gasteiger partial charge in [-0.15, -0.1) is 0 Å². The molecule has 2 rings (SSSR count). The maximum Gasteiger partial charge on any atom is 0.213 e. The molecule has 0 N–H and O–H groups in total. The number of fused-ring (bicyclic) bond motifs is 1. The zero-order valence-corrected chi connectivity index (χ0v) is 10.0. The van der Waals surface area contributed by atoms with Crippen LogP contribution in [0.25, 0.3) is 4.96 Å². The third-order valence-corrected chi connectivity index (χ3v) is 3.46. The highest BCUT2D eigenvalue weighted by Crippen LogP contribution is 2.28. The van der Waals surface area contributed by atoms with Crippen molar-refractivity contribution in [2.24, 2.45) is 0 Å². The number of aryl methyl sites for hydroxylation is 1. The molecule has 0 spiro atoms. The maximum atomic E-state index is 8.97. The van der Waals surface area contributed by atoms with Crippen LogP contribution in [0.15, 0.2) is 0 Å². The van der Waals surface area contributed by atoms with Crippen LogP contribution in [0.1, 0.15) is 37.2 Å². The molecule has 0 radical (unpaired) electrons. The zero-order valence-electron chi connectivity index (χ0n) is 9.20. The fraction of sp³-hybridized carbons (Fsp3) is 0.500. The third kappa shape index (κ3) is 1.51. The van der Waals surface area contributed by atoms with Gasteiger partial charge in [-0.2, -0.15) is 14.9 Å². The van der Waals surface area contributed by atoms with Crippen LogP contribution in [-0.4, -0.2) is 14.6 Å². The number of imidazole rings is 1. The van der Waals surface area contributed by atoms with Gasteiger partial charge in [0.15, 0.2) is 5.69 Å². The standard InChI is InChI=1S/C10H12N4S/c1-6-7(5-11)14-9(12-6)15-8(13-14)10(2,3)4/h1-4H3. The summed E-state index contributed by atoms with van der Waals surface area (Å²) in [5, 5.41) is 14.4. The second kappa shape index (κ2) is 3.04. The minimum Gasteiger partial charge on any atom is -0.221 e. The second-order valence-corrected chi connectivity index (χ2v) is 5.47. The van der Waals surface area contributed by atoms with Gasteiger partial charge < -0.3 is 0 Å². The Hall–Kier alpha value is -1.41. The molecule has 0 saturated carbocycles. The summed E-state index contributed by atoms with van der Waals surface area (Å²) in [4.78, 5) is 5.11. The van der Waals surface area contributed by atoms with Gasteiger partial charge in [0.25, 0.3) is 0 Å². The molecule has 78 valence electrons. The first-order valence-corrected chi connectivity index (χ1v) is 5.52. The van der Waals surface area contributed by atoms with Gasteiger partial charge in [-0.25, -0.2) is 4.98 Å². The summed E-state index contributed by atoms with van der Waals surface area (Å²) in [7, 11) is 0. The molecule has 0 saturated heterocycles. The molecule has 0 aliphatic carbocycles. The molecule has 0 amide bonds. The average molecular weight is 220 g/mol. The summed E-state index contributed by atoms with van der Waals surface area (Å²) in [5.74, 6) is 0. The van der Waals surface area contributed by atoms with Gasteiger partial charge in [-0.05, 0) is 6.92 Å². The van der Waals surface area contributed by atoms with Crippen molar-refractivity contribution >= 4 is 16.3 Å². The molecule has 0 fully saturated rings. The van der Waals surface area contributed by atoms with Gasteiger partial charge in [0, 0.05) is 5.41 Å².